The van der Waals surface area contributed by atoms with Crippen LogP contribution in [-0.2, 0) is 14.3 Å². The first-order chi connectivity index (χ1) is 8.72. The molecule has 1 aliphatic rings. The second-order valence-electron chi connectivity index (χ2n) is 3.86. The maximum absolute atomic E-state index is 11.8. The molecule has 18 heavy (non-hydrogen) atoms. The SMILES string of the molecule is COC(=O)CCN1C(=O)CSC1c1cccnc1. The molecule has 2 heterocycles. The predicted octanol–water partition coefficient (Wildman–Crippen LogP) is 1.22. The molecule has 5 nitrogen and oxygen atoms in total. The van der Waals surface area contributed by atoms with Crippen LogP contribution in [0.25, 0.3) is 0 Å². The van der Waals surface area contributed by atoms with Gasteiger partial charge < -0.3 is 9.64 Å². The fraction of sp³-hybridized carbons (Fsp3) is 0.417. The number of carbonyl (C=O) groups excluding carboxylic acids is 2. The molecule has 6 heteroatoms. The number of hydrogen-bond acceptors (Lipinski definition) is 5. The van der Waals surface area contributed by atoms with E-state index in [9.17, 15) is 9.59 Å². The normalized spacial score (nSPS) is 19.1. The van der Waals surface area contributed by atoms with Gasteiger partial charge in [-0.15, -0.1) is 11.8 Å². The summed E-state index contributed by atoms with van der Waals surface area (Å²) in [5.41, 5.74) is 0.984. The minimum absolute atomic E-state index is 0.0455. The van der Waals surface area contributed by atoms with Gasteiger partial charge in [-0.05, 0) is 6.07 Å². The summed E-state index contributed by atoms with van der Waals surface area (Å²) in [5, 5.41) is -0.0455. The second kappa shape index (κ2) is 5.86. The van der Waals surface area contributed by atoms with Crippen molar-refractivity contribution in [3.05, 3.63) is 30.1 Å². The summed E-state index contributed by atoms with van der Waals surface area (Å²) >= 11 is 1.56. The molecule has 1 aromatic heterocycles. The van der Waals surface area contributed by atoms with Gasteiger partial charge in [0, 0.05) is 24.5 Å². The van der Waals surface area contributed by atoms with Crippen LogP contribution in [0.5, 0.6) is 0 Å². The number of ether oxygens (including phenoxy) is 1. The number of carbonyl (C=O) groups is 2. The number of hydrogen-bond donors (Lipinski definition) is 0. The third-order valence-electron chi connectivity index (χ3n) is 2.72. The second-order valence-corrected chi connectivity index (χ2v) is 4.93. The average Bonchev–Trinajstić information content (AvgIpc) is 2.78. The highest BCUT2D eigenvalue weighted by Crippen LogP contribution is 2.38. The summed E-state index contributed by atoms with van der Waals surface area (Å²) in [4.78, 5) is 28.7. The van der Waals surface area contributed by atoms with Gasteiger partial charge in [0.25, 0.3) is 0 Å². The average molecular weight is 266 g/mol. The van der Waals surface area contributed by atoms with Crippen LogP contribution in [-0.4, -0.2) is 41.2 Å². The Morgan fingerprint density at radius 1 is 1.67 bits per heavy atom. The van der Waals surface area contributed by atoms with E-state index in [1.165, 1.54) is 7.11 Å². The van der Waals surface area contributed by atoms with E-state index in [1.807, 2.05) is 12.1 Å². The highest BCUT2D eigenvalue weighted by molar-refractivity contribution is 8.00. The lowest BCUT2D eigenvalue weighted by Crippen LogP contribution is -2.30. The quantitative estimate of drug-likeness (QED) is 0.767. The standard InChI is InChI=1S/C12H14N2O3S/c1-17-11(16)4-6-14-10(15)8-18-12(14)9-3-2-5-13-7-9/h2-3,5,7,12H,4,6,8H2,1H3. The first-order valence-electron chi connectivity index (χ1n) is 5.60. The van der Waals surface area contributed by atoms with E-state index >= 15 is 0 Å². The van der Waals surface area contributed by atoms with E-state index in [0.29, 0.717) is 12.3 Å². The van der Waals surface area contributed by atoms with Crippen molar-refractivity contribution in [2.45, 2.75) is 11.8 Å². The smallest absolute Gasteiger partial charge is 0.307 e. The van der Waals surface area contributed by atoms with Crippen molar-refractivity contribution in [3.8, 4) is 0 Å². The molecule has 1 aromatic rings. The van der Waals surface area contributed by atoms with Gasteiger partial charge in [-0.1, -0.05) is 6.07 Å². The number of aromatic nitrogens is 1. The lowest BCUT2D eigenvalue weighted by Gasteiger charge is -2.23. The first kappa shape index (κ1) is 12.9. The molecule has 1 saturated heterocycles. The number of amides is 1. The zero-order valence-electron chi connectivity index (χ0n) is 10.0. The molecule has 0 saturated carbocycles. The number of methoxy groups -OCH3 is 1. The molecule has 1 atom stereocenters. The summed E-state index contributed by atoms with van der Waals surface area (Å²) in [6.07, 6.45) is 3.67. The zero-order valence-corrected chi connectivity index (χ0v) is 10.9. The van der Waals surface area contributed by atoms with E-state index < -0.39 is 0 Å². The number of rotatable bonds is 4. The Labute approximate surface area is 110 Å². The van der Waals surface area contributed by atoms with Crippen LogP contribution in [0.15, 0.2) is 24.5 Å². The van der Waals surface area contributed by atoms with E-state index in [4.69, 9.17) is 0 Å². The van der Waals surface area contributed by atoms with E-state index in [1.54, 1.807) is 29.1 Å². The van der Waals surface area contributed by atoms with Crippen LogP contribution in [0.1, 0.15) is 17.4 Å². The predicted molar refractivity (Wildman–Crippen MR) is 67.8 cm³/mol. The van der Waals surface area contributed by atoms with Crippen LogP contribution < -0.4 is 0 Å². The van der Waals surface area contributed by atoms with Crippen molar-refractivity contribution in [1.82, 2.24) is 9.88 Å². The lowest BCUT2D eigenvalue weighted by atomic mass is 10.2. The van der Waals surface area contributed by atoms with Crippen molar-refractivity contribution < 1.29 is 14.3 Å². The Hall–Kier alpha value is -1.56. The molecule has 1 aliphatic heterocycles. The minimum atomic E-state index is -0.301. The van der Waals surface area contributed by atoms with Gasteiger partial charge in [-0.2, -0.15) is 0 Å². The van der Waals surface area contributed by atoms with Crippen molar-refractivity contribution in [2.24, 2.45) is 0 Å². The van der Waals surface area contributed by atoms with Gasteiger partial charge in [-0.25, -0.2) is 0 Å². The highest BCUT2D eigenvalue weighted by atomic mass is 32.2. The summed E-state index contributed by atoms with van der Waals surface area (Å²) in [6.45, 7) is 0.387. The lowest BCUT2D eigenvalue weighted by molar-refractivity contribution is -0.141. The van der Waals surface area contributed by atoms with Crippen molar-refractivity contribution in [3.63, 3.8) is 0 Å². The minimum Gasteiger partial charge on any atom is -0.469 e. The summed E-state index contributed by atoms with van der Waals surface area (Å²) in [6, 6.07) is 3.78. The Morgan fingerprint density at radius 2 is 2.50 bits per heavy atom. The molecule has 96 valence electrons. The van der Waals surface area contributed by atoms with Crippen molar-refractivity contribution >= 4 is 23.6 Å². The van der Waals surface area contributed by atoms with Gasteiger partial charge in [0.15, 0.2) is 0 Å². The maximum atomic E-state index is 11.8. The van der Waals surface area contributed by atoms with Gasteiger partial charge in [0.2, 0.25) is 5.91 Å². The van der Waals surface area contributed by atoms with Gasteiger partial charge in [0.1, 0.15) is 5.37 Å². The van der Waals surface area contributed by atoms with E-state index in [0.717, 1.165) is 5.56 Å². The van der Waals surface area contributed by atoms with Crippen LogP contribution >= 0.6 is 11.8 Å². The fourth-order valence-corrected chi connectivity index (χ4v) is 3.01. The molecule has 1 amide bonds. The Balaban J connectivity index is 2.06. The van der Waals surface area contributed by atoms with Crippen LogP contribution in [0, 0.1) is 0 Å². The fourth-order valence-electron chi connectivity index (χ4n) is 1.81. The van der Waals surface area contributed by atoms with Crippen molar-refractivity contribution in [2.75, 3.05) is 19.4 Å². The van der Waals surface area contributed by atoms with E-state index in [-0.39, 0.29) is 23.7 Å². The zero-order chi connectivity index (χ0) is 13.0. The van der Waals surface area contributed by atoms with Crippen LogP contribution in [0.3, 0.4) is 0 Å². The molecule has 0 aromatic carbocycles. The van der Waals surface area contributed by atoms with Gasteiger partial charge >= 0.3 is 5.97 Å². The molecule has 2 rings (SSSR count). The molecule has 0 radical (unpaired) electrons. The number of thioether (sulfide) groups is 1. The Kier molecular flexibility index (Phi) is 4.19. The summed E-state index contributed by atoms with van der Waals surface area (Å²) in [5.74, 6) is 0.197. The first-order valence-corrected chi connectivity index (χ1v) is 6.65. The monoisotopic (exact) mass is 266 g/mol. The van der Waals surface area contributed by atoms with Crippen LogP contribution in [0.2, 0.25) is 0 Å². The van der Waals surface area contributed by atoms with Crippen molar-refractivity contribution in [1.29, 1.82) is 0 Å². The third kappa shape index (κ3) is 2.81. The molecule has 1 fully saturated rings. The molecule has 0 spiro atoms. The molecular formula is C12H14N2O3S. The highest BCUT2D eigenvalue weighted by Gasteiger charge is 2.32. The molecule has 0 bridgehead atoms. The van der Waals surface area contributed by atoms with Gasteiger partial charge in [0.05, 0.1) is 19.3 Å². The van der Waals surface area contributed by atoms with Crippen LogP contribution in [0.4, 0.5) is 0 Å². The number of pyridine rings is 1. The van der Waals surface area contributed by atoms with Gasteiger partial charge in [-0.3, -0.25) is 14.6 Å². The topological polar surface area (TPSA) is 59.5 Å². The molecule has 0 N–H and O–H groups in total. The maximum Gasteiger partial charge on any atom is 0.307 e. The molecular weight excluding hydrogens is 252 g/mol. The number of nitrogens with zero attached hydrogens (tertiary/aromatic N) is 2. The summed E-state index contributed by atoms with van der Waals surface area (Å²) in [7, 11) is 1.35. The van der Waals surface area contributed by atoms with E-state index in [2.05, 4.69) is 9.72 Å². The third-order valence-corrected chi connectivity index (χ3v) is 3.98. The molecule has 1 unspecified atom stereocenters. The Bertz CT molecular complexity index is 438. The number of esters is 1. The molecule has 0 aliphatic carbocycles. The largest absolute Gasteiger partial charge is 0.469 e. The summed E-state index contributed by atoms with van der Waals surface area (Å²) < 4.78 is 4.59. The Morgan fingerprint density at radius 3 is 3.17 bits per heavy atom.